The molecule has 146 valence electrons. The lowest BCUT2D eigenvalue weighted by molar-refractivity contribution is -0.136. The Hall–Kier alpha value is -3.10. The number of H-pyrrole nitrogens is 1. The van der Waals surface area contributed by atoms with Crippen molar-refractivity contribution in [1.82, 2.24) is 20.2 Å². The van der Waals surface area contributed by atoms with E-state index in [2.05, 4.69) is 25.5 Å². The zero-order chi connectivity index (χ0) is 19.9. The molecule has 1 aromatic carbocycles. The highest BCUT2D eigenvalue weighted by Crippen LogP contribution is 2.43. The van der Waals surface area contributed by atoms with Crippen LogP contribution < -0.4 is 11.1 Å². The van der Waals surface area contributed by atoms with Crippen LogP contribution >= 0.6 is 0 Å². The quantitative estimate of drug-likeness (QED) is 0.598. The number of aromatic amines is 1. The van der Waals surface area contributed by atoms with E-state index >= 15 is 0 Å². The molecule has 1 unspecified atom stereocenters. The smallest absolute Gasteiger partial charge is 0.368 e. The van der Waals surface area contributed by atoms with Gasteiger partial charge in [0.05, 0.1) is 11.4 Å². The molecular weight excluding hydrogens is 369 g/mol. The maximum Gasteiger partial charge on any atom is 0.422 e. The van der Waals surface area contributed by atoms with E-state index in [1.807, 2.05) is 30.3 Å². The number of hydrogen-bond donors (Lipinski definition) is 3. The molecule has 3 aromatic rings. The SMILES string of the molecule is CC(Nc1nc(N)nc(-c2cc(C3CC3)n[nH]2)c1C(F)(F)F)c1ccccc1. The molecule has 1 saturated carbocycles. The molecule has 9 heteroatoms. The van der Waals surface area contributed by atoms with Crippen LogP contribution in [-0.2, 0) is 6.18 Å². The van der Waals surface area contributed by atoms with E-state index in [1.54, 1.807) is 13.0 Å². The fourth-order valence-electron chi connectivity index (χ4n) is 3.12. The highest BCUT2D eigenvalue weighted by atomic mass is 19.4. The van der Waals surface area contributed by atoms with Gasteiger partial charge in [-0.05, 0) is 31.4 Å². The number of benzene rings is 1. The van der Waals surface area contributed by atoms with Gasteiger partial charge in [0, 0.05) is 12.0 Å². The second kappa shape index (κ2) is 6.81. The van der Waals surface area contributed by atoms with Gasteiger partial charge in [-0.2, -0.15) is 23.3 Å². The van der Waals surface area contributed by atoms with Crippen LogP contribution in [-0.4, -0.2) is 20.2 Å². The summed E-state index contributed by atoms with van der Waals surface area (Å²) in [6.45, 7) is 1.76. The summed E-state index contributed by atoms with van der Waals surface area (Å²) < 4.78 is 41.9. The second-order valence-corrected chi connectivity index (χ2v) is 6.91. The highest BCUT2D eigenvalue weighted by molar-refractivity contribution is 5.69. The van der Waals surface area contributed by atoms with Crippen molar-refractivity contribution >= 4 is 11.8 Å². The Morgan fingerprint density at radius 1 is 1.18 bits per heavy atom. The van der Waals surface area contributed by atoms with Crippen molar-refractivity contribution < 1.29 is 13.2 Å². The first kappa shape index (κ1) is 18.3. The predicted octanol–water partition coefficient (Wildman–Crippen LogP) is 4.52. The predicted molar refractivity (Wildman–Crippen MR) is 99.5 cm³/mol. The Kier molecular flexibility index (Phi) is 4.44. The lowest BCUT2D eigenvalue weighted by Gasteiger charge is -2.20. The van der Waals surface area contributed by atoms with Crippen molar-refractivity contribution in [1.29, 1.82) is 0 Å². The van der Waals surface area contributed by atoms with Gasteiger partial charge in [-0.15, -0.1) is 0 Å². The van der Waals surface area contributed by atoms with Crippen LogP contribution in [0.5, 0.6) is 0 Å². The summed E-state index contributed by atoms with van der Waals surface area (Å²) in [6, 6.07) is 10.3. The van der Waals surface area contributed by atoms with Crippen molar-refractivity contribution in [3.63, 3.8) is 0 Å². The Labute approximate surface area is 159 Å². The van der Waals surface area contributed by atoms with Gasteiger partial charge in [0.1, 0.15) is 17.1 Å². The van der Waals surface area contributed by atoms with Gasteiger partial charge in [-0.25, -0.2) is 4.98 Å². The minimum absolute atomic E-state index is 0.179. The van der Waals surface area contributed by atoms with Crippen molar-refractivity contribution in [2.24, 2.45) is 0 Å². The molecule has 4 rings (SSSR count). The van der Waals surface area contributed by atoms with Crippen molar-refractivity contribution in [3.05, 3.63) is 53.2 Å². The van der Waals surface area contributed by atoms with Gasteiger partial charge in [-0.1, -0.05) is 30.3 Å². The number of hydrogen-bond acceptors (Lipinski definition) is 5. The number of nitrogens with two attached hydrogens (primary N) is 1. The maximum absolute atomic E-state index is 14.0. The number of halogens is 3. The van der Waals surface area contributed by atoms with Crippen molar-refractivity contribution in [2.75, 3.05) is 11.1 Å². The normalized spacial score (nSPS) is 15.4. The number of anilines is 2. The zero-order valence-corrected chi connectivity index (χ0v) is 15.1. The number of nitrogens with zero attached hydrogens (tertiary/aromatic N) is 3. The number of rotatable bonds is 5. The highest BCUT2D eigenvalue weighted by Gasteiger charge is 2.40. The topological polar surface area (TPSA) is 92.5 Å². The molecule has 2 heterocycles. The Morgan fingerprint density at radius 3 is 2.54 bits per heavy atom. The molecule has 0 aliphatic heterocycles. The summed E-state index contributed by atoms with van der Waals surface area (Å²) in [6.07, 6.45) is -2.69. The Morgan fingerprint density at radius 2 is 1.89 bits per heavy atom. The minimum atomic E-state index is -4.67. The first-order valence-corrected chi connectivity index (χ1v) is 8.95. The summed E-state index contributed by atoms with van der Waals surface area (Å²) >= 11 is 0. The molecule has 0 spiro atoms. The van der Waals surface area contributed by atoms with Crippen LogP contribution in [0.25, 0.3) is 11.4 Å². The van der Waals surface area contributed by atoms with Gasteiger partial charge >= 0.3 is 6.18 Å². The molecule has 0 radical (unpaired) electrons. The van der Waals surface area contributed by atoms with Crippen LogP contribution in [0.4, 0.5) is 24.9 Å². The Bertz CT molecular complexity index is 979. The molecule has 1 aliphatic rings. The van der Waals surface area contributed by atoms with E-state index < -0.39 is 17.8 Å². The molecule has 0 saturated heterocycles. The third-order valence-electron chi connectivity index (χ3n) is 4.71. The molecule has 28 heavy (non-hydrogen) atoms. The average Bonchev–Trinajstić information content (AvgIpc) is 3.37. The van der Waals surface area contributed by atoms with Crippen LogP contribution in [0.3, 0.4) is 0 Å². The zero-order valence-electron chi connectivity index (χ0n) is 15.1. The maximum atomic E-state index is 14.0. The van der Waals surface area contributed by atoms with E-state index in [-0.39, 0.29) is 23.2 Å². The number of aromatic nitrogens is 4. The van der Waals surface area contributed by atoms with Crippen LogP contribution in [0.1, 0.15) is 48.5 Å². The molecule has 1 atom stereocenters. The van der Waals surface area contributed by atoms with E-state index in [4.69, 9.17) is 5.73 Å². The molecule has 0 amide bonds. The van der Waals surface area contributed by atoms with Gasteiger partial charge < -0.3 is 11.1 Å². The summed E-state index contributed by atoms with van der Waals surface area (Å²) in [4.78, 5) is 7.73. The van der Waals surface area contributed by atoms with Gasteiger partial charge in [0.2, 0.25) is 5.95 Å². The lowest BCUT2D eigenvalue weighted by atomic mass is 10.1. The van der Waals surface area contributed by atoms with Crippen molar-refractivity contribution in [2.45, 2.75) is 37.9 Å². The third kappa shape index (κ3) is 3.64. The fraction of sp³-hybridized carbons (Fsp3) is 0.316. The van der Waals surface area contributed by atoms with E-state index in [0.717, 1.165) is 24.1 Å². The number of nitrogen functional groups attached to an aromatic ring is 1. The molecule has 1 aliphatic carbocycles. The van der Waals surface area contributed by atoms with Crippen molar-refractivity contribution in [3.8, 4) is 11.4 Å². The average molecular weight is 388 g/mol. The monoisotopic (exact) mass is 388 g/mol. The Balaban J connectivity index is 1.78. The third-order valence-corrected chi connectivity index (χ3v) is 4.71. The first-order valence-electron chi connectivity index (χ1n) is 8.95. The fourth-order valence-corrected chi connectivity index (χ4v) is 3.12. The first-order chi connectivity index (χ1) is 13.3. The molecule has 6 nitrogen and oxygen atoms in total. The minimum Gasteiger partial charge on any atom is -0.368 e. The molecular formula is C19H19F3N6. The number of nitrogens with one attached hydrogen (secondary N) is 2. The molecule has 2 aromatic heterocycles. The second-order valence-electron chi connectivity index (χ2n) is 6.91. The van der Waals surface area contributed by atoms with Gasteiger partial charge in [0.15, 0.2) is 0 Å². The largest absolute Gasteiger partial charge is 0.422 e. The standard InChI is InChI=1S/C19H19F3N6/c1-10(11-5-3-2-4-6-11)24-17-15(19(20,21)22)16(25-18(23)26-17)14-9-13(27-28-14)12-7-8-12/h2-6,9-10,12H,7-8H2,1H3,(H,27,28)(H3,23,24,25,26). The van der Waals surface area contributed by atoms with Crippen LogP contribution in [0.2, 0.25) is 0 Å². The summed E-state index contributed by atoms with van der Waals surface area (Å²) in [7, 11) is 0. The van der Waals surface area contributed by atoms with Crippen LogP contribution in [0, 0.1) is 0 Å². The number of alkyl halides is 3. The molecule has 0 bridgehead atoms. The van der Waals surface area contributed by atoms with Crippen LogP contribution in [0.15, 0.2) is 36.4 Å². The van der Waals surface area contributed by atoms with Gasteiger partial charge in [0.25, 0.3) is 0 Å². The van der Waals surface area contributed by atoms with E-state index in [9.17, 15) is 13.2 Å². The summed E-state index contributed by atoms with van der Waals surface area (Å²) in [5.41, 5.74) is 6.22. The lowest BCUT2D eigenvalue weighted by Crippen LogP contribution is -2.18. The molecule has 4 N–H and O–H groups in total. The molecule has 1 fully saturated rings. The van der Waals surface area contributed by atoms with Gasteiger partial charge in [-0.3, -0.25) is 5.10 Å². The summed E-state index contributed by atoms with van der Waals surface area (Å²) in [5, 5.41) is 9.64. The van der Waals surface area contributed by atoms with E-state index in [0.29, 0.717) is 5.92 Å². The van der Waals surface area contributed by atoms with E-state index in [1.165, 1.54) is 0 Å². The summed E-state index contributed by atoms with van der Waals surface area (Å²) in [5.74, 6) is -0.295.